The summed E-state index contributed by atoms with van der Waals surface area (Å²) in [4.78, 5) is 16.2. The third kappa shape index (κ3) is 5.26. The van der Waals surface area contributed by atoms with Crippen molar-refractivity contribution in [2.75, 3.05) is 25.6 Å². The van der Waals surface area contributed by atoms with Crippen LogP contribution in [0.3, 0.4) is 0 Å². The summed E-state index contributed by atoms with van der Waals surface area (Å²) in [5.74, 6) is -0.119. The number of benzene rings is 1. The molecule has 0 aliphatic carbocycles. The Bertz CT molecular complexity index is 979. The lowest BCUT2D eigenvalue weighted by Crippen LogP contribution is -2.14. The van der Waals surface area contributed by atoms with Crippen LogP contribution in [0.2, 0.25) is 0 Å². The highest BCUT2D eigenvalue weighted by Crippen LogP contribution is 2.26. The van der Waals surface area contributed by atoms with Gasteiger partial charge in [0, 0.05) is 37.9 Å². The maximum absolute atomic E-state index is 12.7. The molecule has 7 nitrogen and oxygen atoms in total. The average Bonchev–Trinajstić information content (AvgIpc) is 3.39. The first-order chi connectivity index (χ1) is 14.0. The molecule has 29 heavy (non-hydrogen) atoms. The zero-order valence-corrected chi connectivity index (χ0v) is 16.2. The van der Waals surface area contributed by atoms with Crippen molar-refractivity contribution in [2.24, 2.45) is 7.05 Å². The number of hydrogen-bond acceptors (Lipinski definition) is 5. The van der Waals surface area contributed by atoms with Crippen molar-refractivity contribution < 1.29 is 23.0 Å². The maximum Gasteiger partial charge on any atom is 0.280 e. The summed E-state index contributed by atoms with van der Waals surface area (Å²) in [5, 5.41) is 7.52. The molecule has 0 radical (unpaired) electrons. The molecular formula is C20H22F2N4O3. The number of aryl methyl sites for hydroxylation is 1. The van der Waals surface area contributed by atoms with Crippen LogP contribution in [0.4, 0.5) is 14.6 Å². The number of nitrogens with zero attached hydrogens (tertiary/aromatic N) is 3. The van der Waals surface area contributed by atoms with Crippen molar-refractivity contribution in [1.82, 2.24) is 14.8 Å². The van der Waals surface area contributed by atoms with Gasteiger partial charge in [0.2, 0.25) is 0 Å². The molecule has 2 aromatic heterocycles. The van der Waals surface area contributed by atoms with Crippen molar-refractivity contribution in [3.05, 3.63) is 47.8 Å². The van der Waals surface area contributed by atoms with Crippen LogP contribution in [0.1, 0.15) is 35.3 Å². The largest absolute Gasteiger partial charge is 0.496 e. The Hall–Kier alpha value is -3.07. The number of anilines is 1. The van der Waals surface area contributed by atoms with E-state index in [0.717, 1.165) is 18.6 Å². The fraction of sp³-hybridized carbons (Fsp3) is 0.350. The summed E-state index contributed by atoms with van der Waals surface area (Å²) >= 11 is 0. The number of aromatic nitrogens is 3. The molecule has 1 fully saturated rings. The van der Waals surface area contributed by atoms with Gasteiger partial charge in [-0.05, 0) is 31.0 Å². The lowest BCUT2D eigenvalue weighted by Gasteiger charge is -2.10. The van der Waals surface area contributed by atoms with Gasteiger partial charge in [0.1, 0.15) is 17.3 Å². The number of ether oxygens (including phenoxy) is 2. The number of hydrogen-bond donors (Lipinski definition) is 1. The first-order valence-electron chi connectivity index (χ1n) is 9.13. The van der Waals surface area contributed by atoms with E-state index in [1.165, 1.54) is 38.2 Å². The first-order valence-corrected chi connectivity index (χ1v) is 9.13. The van der Waals surface area contributed by atoms with Gasteiger partial charge in [0.25, 0.3) is 12.3 Å². The third-order valence-electron chi connectivity index (χ3n) is 4.25. The summed E-state index contributed by atoms with van der Waals surface area (Å²) in [7, 11) is 3.21. The quantitative estimate of drug-likeness (QED) is 0.712. The summed E-state index contributed by atoms with van der Waals surface area (Å²) < 4.78 is 37.2. The highest BCUT2D eigenvalue weighted by molar-refractivity contribution is 6.08. The Morgan fingerprint density at radius 2 is 2.03 bits per heavy atom. The standard InChI is InChI=1S/C16H14F2N4O2.C4H8O/c1-22-8-9-6-10(13(24-2)7-12(9)21-22)16(23)20-14-5-3-4-11(19-14)15(17)18;1-2-4-5-3-1/h3-8,15H,1-2H3,(H,19,20,23);1-4H2. The number of methoxy groups -OCH3 is 1. The second-order valence-electron chi connectivity index (χ2n) is 6.44. The third-order valence-corrected chi connectivity index (χ3v) is 4.25. The number of nitrogens with one attached hydrogen (secondary N) is 1. The van der Waals surface area contributed by atoms with Gasteiger partial charge < -0.3 is 14.8 Å². The molecule has 3 aromatic rings. The minimum absolute atomic E-state index is 0.0473. The van der Waals surface area contributed by atoms with E-state index in [2.05, 4.69) is 15.4 Å². The molecule has 9 heteroatoms. The van der Waals surface area contributed by atoms with Crippen molar-refractivity contribution in [3.8, 4) is 5.75 Å². The summed E-state index contributed by atoms with van der Waals surface area (Å²) in [5.41, 5.74) is 0.549. The molecule has 4 rings (SSSR count). The van der Waals surface area contributed by atoms with E-state index in [1.54, 1.807) is 30.1 Å². The van der Waals surface area contributed by atoms with Crippen LogP contribution < -0.4 is 10.1 Å². The molecule has 0 saturated carbocycles. The fourth-order valence-electron chi connectivity index (χ4n) is 2.86. The van der Waals surface area contributed by atoms with Gasteiger partial charge in [-0.1, -0.05) is 6.07 Å². The highest BCUT2D eigenvalue weighted by atomic mass is 19.3. The molecule has 154 valence electrons. The first kappa shape index (κ1) is 20.7. The second-order valence-corrected chi connectivity index (χ2v) is 6.44. The molecule has 0 atom stereocenters. The van der Waals surface area contributed by atoms with Gasteiger partial charge in [-0.2, -0.15) is 5.10 Å². The highest BCUT2D eigenvalue weighted by Gasteiger charge is 2.17. The lowest BCUT2D eigenvalue weighted by atomic mass is 10.1. The molecular weight excluding hydrogens is 382 g/mol. The van der Waals surface area contributed by atoms with Crippen LogP contribution in [-0.4, -0.2) is 41.0 Å². The Kier molecular flexibility index (Phi) is 6.71. The number of rotatable bonds is 4. The summed E-state index contributed by atoms with van der Waals surface area (Å²) in [6.07, 6.45) is 1.62. The Balaban J connectivity index is 0.000000419. The smallest absolute Gasteiger partial charge is 0.280 e. The van der Waals surface area contributed by atoms with E-state index in [1.807, 2.05) is 0 Å². The van der Waals surface area contributed by atoms with Crippen LogP contribution >= 0.6 is 0 Å². The van der Waals surface area contributed by atoms with Gasteiger partial charge in [-0.3, -0.25) is 9.48 Å². The van der Waals surface area contributed by atoms with E-state index >= 15 is 0 Å². The van der Waals surface area contributed by atoms with Gasteiger partial charge >= 0.3 is 0 Å². The minimum Gasteiger partial charge on any atom is -0.496 e. The van der Waals surface area contributed by atoms with E-state index < -0.39 is 18.0 Å². The van der Waals surface area contributed by atoms with Crippen molar-refractivity contribution in [3.63, 3.8) is 0 Å². The van der Waals surface area contributed by atoms with Crippen LogP contribution in [-0.2, 0) is 11.8 Å². The normalized spacial score (nSPS) is 13.3. The van der Waals surface area contributed by atoms with E-state index in [-0.39, 0.29) is 11.4 Å². The molecule has 1 N–H and O–H groups in total. The zero-order valence-electron chi connectivity index (χ0n) is 16.2. The molecule has 3 heterocycles. The number of carbonyl (C=O) groups is 1. The lowest BCUT2D eigenvalue weighted by molar-refractivity contribution is 0.102. The molecule has 1 amide bonds. The van der Waals surface area contributed by atoms with Gasteiger partial charge in [-0.25, -0.2) is 13.8 Å². The predicted molar refractivity (Wildman–Crippen MR) is 104 cm³/mol. The monoisotopic (exact) mass is 404 g/mol. The number of amides is 1. The molecule has 0 spiro atoms. The van der Waals surface area contributed by atoms with Gasteiger partial charge in [0.05, 0.1) is 18.2 Å². The SMILES string of the molecule is C1CCOC1.COc1cc2nn(C)cc2cc1C(=O)Nc1cccc(C(F)F)n1. The summed E-state index contributed by atoms with van der Waals surface area (Å²) in [6.45, 7) is 2.00. The number of halogens is 2. The topological polar surface area (TPSA) is 78.3 Å². The molecule has 0 unspecified atom stereocenters. The molecule has 1 saturated heterocycles. The van der Waals surface area contributed by atoms with Crippen LogP contribution in [0.15, 0.2) is 36.5 Å². The minimum atomic E-state index is -2.71. The van der Waals surface area contributed by atoms with E-state index in [0.29, 0.717) is 11.3 Å². The Morgan fingerprint density at radius 3 is 2.66 bits per heavy atom. The maximum atomic E-state index is 12.7. The van der Waals surface area contributed by atoms with E-state index in [4.69, 9.17) is 9.47 Å². The fourth-order valence-corrected chi connectivity index (χ4v) is 2.86. The van der Waals surface area contributed by atoms with Gasteiger partial charge in [0.15, 0.2) is 0 Å². The number of carbonyl (C=O) groups excluding carboxylic acids is 1. The Morgan fingerprint density at radius 1 is 1.28 bits per heavy atom. The van der Waals surface area contributed by atoms with E-state index in [9.17, 15) is 13.6 Å². The number of fused-ring (bicyclic) bond motifs is 1. The second kappa shape index (κ2) is 9.42. The average molecular weight is 404 g/mol. The molecule has 1 aromatic carbocycles. The molecule has 1 aliphatic rings. The van der Waals surface area contributed by atoms with Crippen molar-refractivity contribution >= 4 is 22.6 Å². The number of alkyl halides is 2. The van der Waals surface area contributed by atoms with Gasteiger partial charge in [-0.15, -0.1) is 0 Å². The zero-order chi connectivity index (χ0) is 20.8. The van der Waals surface area contributed by atoms with Crippen LogP contribution in [0.5, 0.6) is 5.75 Å². The Labute approximate surface area is 166 Å². The van der Waals surface area contributed by atoms with Crippen molar-refractivity contribution in [2.45, 2.75) is 19.3 Å². The van der Waals surface area contributed by atoms with Crippen LogP contribution in [0, 0.1) is 0 Å². The summed E-state index contributed by atoms with van der Waals surface area (Å²) in [6, 6.07) is 7.33. The van der Waals surface area contributed by atoms with Crippen LogP contribution in [0.25, 0.3) is 10.9 Å². The molecule has 1 aliphatic heterocycles. The predicted octanol–water partition coefficient (Wildman–Crippen LogP) is 3.96. The molecule has 0 bridgehead atoms. The number of pyridine rings is 1. The van der Waals surface area contributed by atoms with Crippen molar-refractivity contribution in [1.29, 1.82) is 0 Å².